The van der Waals surface area contributed by atoms with Crippen molar-refractivity contribution in [1.29, 1.82) is 0 Å². The van der Waals surface area contributed by atoms with Crippen molar-refractivity contribution < 1.29 is 14.2 Å². The highest BCUT2D eigenvalue weighted by molar-refractivity contribution is 6.32. The second-order valence-corrected chi connectivity index (χ2v) is 3.96. The lowest BCUT2D eigenvalue weighted by atomic mass is 10.1. The van der Waals surface area contributed by atoms with E-state index in [9.17, 15) is 0 Å². The summed E-state index contributed by atoms with van der Waals surface area (Å²) < 4.78 is 15.5. The van der Waals surface area contributed by atoms with Gasteiger partial charge in [0, 0.05) is 7.11 Å². The van der Waals surface area contributed by atoms with Crippen molar-refractivity contribution >= 4 is 11.6 Å². The van der Waals surface area contributed by atoms with E-state index in [1.165, 1.54) is 0 Å². The number of ether oxygens (including phenoxy) is 3. The fraction of sp³-hybridized carbons (Fsp3) is 0.500. The predicted octanol–water partition coefficient (Wildman–Crippen LogP) is 2.96. The van der Waals surface area contributed by atoms with E-state index >= 15 is 0 Å². The van der Waals surface area contributed by atoms with Gasteiger partial charge in [0.1, 0.15) is 5.75 Å². The average molecular weight is 245 g/mol. The summed E-state index contributed by atoms with van der Waals surface area (Å²) in [6.45, 7) is 5.22. The van der Waals surface area contributed by atoms with E-state index in [-0.39, 0.29) is 6.79 Å². The molecule has 0 spiro atoms. The van der Waals surface area contributed by atoms with Crippen LogP contribution >= 0.6 is 11.6 Å². The summed E-state index contributed by atoms with van der Waals surface area (Å²) in [6, 6.07) is 3.90. The number of benzene rings is 1. The Morgan fingerprint density at radius 3 is 2.56 bits per heavy atom. The van der Waals surface area contributed by atoms with Crippen molar-refractivity contribution in [1.82, 2.24) is 0 Å². The topological polar surface area (TPSA) is 27.7 Å². The van der Waals surface area contributed by atoms with Gasteiger partial charge in [0.2, 0.25) is 0 Å². The molecule has 1 aromatic rings. The molecule has 0 bridgehead atoms. The first kappa shape index (κ1) is 13.3. The summed E-state index contributed by atoms with van der Waals surface area (Å²) in [5.74, 6) is 0.685. The van der Waals surface area contributed by atoms with Gasteiger partial charge in [-0.05, 0) is 31.0 Å². The molecule has 1 rings (SSSR count). The van der Waals surface area contributed by atoms with Crippen molar-refractivity contribution in [3.8, 4) is 5.75 Å². The van der Waals surface area contributed by atoms with Gasteiger partial charge < -0.3 is 14.2 Å². The number of aryl methyl sites for hydroxylation is 2. The lowest BCUT2D eigenvalue weighted by Crippen LogP contribution is -2.08. The van der Waals surface area contributed by atoms with Gasteiger partial charge in [0.05, 0.1) is 18.2 Å². The molecule has 0 radical (unpaired) electrons. The lowest BCUT2D eigenvalue weighted by molar-refractivity contribution is -0.00871. The molecule has 1 aromatic carbocycles. The van der Waals surface area contributed by atoms with Crippen molar-refractivity contribution in [2.45, 2.75) is 13.8 Å². The summed E-state index contributed by atoms with van der Waals surface area (Å²) >= 11 is 6.07. The van der Waals surface area contributed by atoms with Crippen LogP contribution in [0, 0.1) is 13.8 Å². The first-order valence-electron chi connectivity index (χ1n) is 5.11. The third-order valence-corrected chi connectivity index (χ3v) is 2.37. The van der Waals surface area contributed by atoms with Gasteiger partial charge >= 0.3 is 0 Å². The van der Waals surface area contributed by atoms with Gasteiger partial charge in [-0.15, -0.1) is 0 Å². The molecule has 90 valence electrons. The molecule has 0 aliphatic carbocycles. The Bertz CT molecular complexity index is 316. The lowest BCUT2D eigenvalue weighted by Gasteiger charge is -2.11. The van der Waals surface area contributed by atoms with Crippen LogP contribution in [0.3, 0.4) is 0 Å². The van der Waals surface area contributed by atoms with Crippen LogP contribution in [0.4, 0.5) is 0 Å². The van der Waals surface area contributed by atoms with Crippen LogP contribution in [-0.4, -0.2) is 27.1 Å². The van der Waals surface area contributed by atoms with Gasteiger partial charge in [-0.3, -0.25) is 0 Å². The number of rotatable bonds is 6. The van der Waals surface area contributed by atoms with Crippen LogP contribution in [0.15, 0.2) is 12.1 Å². The Hall–Kier alpha value is -0.770. The summed E-state index contributed by atoms with van der Waals surface area (Å²) in [5, 5.41) is 0.618. The Morgan fingerprint density at radius 2 is 1.94 bits per heavy atom. The molecule has 0 aromatic heterocycles. The minimum atomic E-state index is 0.187. The van der Waals surface area contributed by atoms with E-state index in [4.69, 9.17) is 25.8 Å². The summed E-state index contributed by atoms with van der Waals surface area (Å²) in [5.41, 5.74) is 2.13. The summed E-state index contributed by atoms with van der Waals surface area (Å²) in [4.78, 5) is 0. The molecule has 0 amide bonds. The molecule has 16 heavy (non-hydrogen) atoms. The predicted molar refractivity (Wildman–Crippen MR) is 64.2 cm³/mol. The molecule has 0 N–H and O–H groups in total. The Kier molecular flexibility index (Phi) is 5.60. The van der Waals surface area contributed by atoms with Crippen molar-refractivity contribution in [2.75, 3.05) is 27.1 Å². The molecule has 0 atom stereocenters. The number of hydrogen-bond donors (Lipinski definition) is 0. The fourth-order valence-electron chi connectivity index (χ4n) is 1.39. The largest absolute Gasteiger partial charge is 0.466 e. The number of halogens is 1. The zero-order valence-electron chi connectivity index (χ0n) is 9.88. The van der Waals surface area contributed by atoms with Gasteiger partial charge in [-0.2, -0.15) is 0 Å². The van der Waals surface area contributed by atoms with Crippen LogP contribution in [0.25, 0.3) is 0 Å². The normalized spacial score (nSPS) is 10.5. The molecule has 3 nitrogen and oxygen atoms in total. The highest BCUT2D eigenvalue weighted by atomic mass is 35.5. The average Bonchev–Trinajstić information content (AvgIpc) is 2.20. The summed E-state index contributed by atoms with van der Waals surface area (Å²) in [7, 11) is 1.63. The number of methoxy groups -OCH3 is 1. The second-order valence-electron chi connectivity index (χ2n) is 3.56. The molecule has 0 aliphatic heterocycles. The third-order valence-electron chi connectivity index (χ3n) is 2.09. The minimum absolute atomic E-state index is 0.187. The van der Waals surface area contributed by atoms with E-state index < -0.39 is 0 Å². The molecular weight excluding hydrogens is 228 g/mol. The highest BCUT2D eigenvalue weighted by Gasteiger charge is 2.06. The Morgan fingerprint density at radius 1 is 1.19 bits per heavy atom. The molecule has 0 aliphatic rings. The molecule has 0 saturated heterocycles. The van der Waals surface area contributed by atoms with Gasteiger partial charge in [-0.25, -0.2) is 0 Å². The standard InChI is InChI=1S/C12H17ClO3/c1-9-6-10(2)12(11(13)7-9)16-8-15-5-4-14-3/h6-7H,4-5,8H2,1-3H3. The minimum Gasteiger partial charge on any atom is -0.466 e. The molecule has 0 heterocycles. The van der Waals surface area contributed by atoms with Crippen LogP contribution < -0.4 is 4.74 Å². The molecule has 4 heteroatoms. The zero-order valence-corrected chi connectivity index (χ0v) is 10.6. The molecular formula is C12H17ClO3. The maximum atomic E-state index is 6.07. The van der Waals surface area contributed by atoms with E-state index in [2.05, 4.69) is 0 Å². The van der Waals surface area contributed by atoms with Crippen LogP contribution in [-0.2, 0) is 9.47 Å². The maximum absolute atomic E-state index is 6.07. The summed E-state index contributed by atoms with van der Waals surface area (Å²) in [6.07, 6.45) is 0. The third kappa shape index (κ3) is 4.00. The monoisotopic (exact) mass is 244 g/mol. The van der Waals surface area contributed by atoms with E-state index in [1.54, 1.807) is 7.11 Å². The molecule has 0 unspecified atom stereocenters. The van der Waals surface area contributed by atoms with Crippen molar-refractivity contribution in [2.24, 2.45) is 0 Å². The number of hydrogen-bond acceptors (Lipinski definition) is 3. The molecule has 0 saturated carbocycles. The Balaban J connectivity index is 2.47. The quantitative estimate of drug-likeness (QED) is 0.569. The van der Waals surface area contributed by atoms with Crippen LogP contribution in [0.1, 0.15) is 11.1 Å². The van der Waals surface area contributed by atoms with Crippen LogP contribution in [0.5, 0.6) is 5.75 Å². The van der Waals surface area contributed by atoms with Crippen molar-refractivity contribution in [3.63, 3.8) is 0 Å². The van der Waals surface area contributed by atoms with E-state index in [1.807, 2.05) is 26.0 Å². The highest BCUT2D eigenvalue weighted by Crippen LogP contribution is 2.29. The smallest absolute Gasteiger partial charge is 0.189 e. The van der Waals surface area contributed by atoms with Gasteiger partial charge in [0.25, 0.3) is 0 Å². The van der Waals surface area contributed by atoms with E-state index in [0.29, 0.717) is 24.0 Å². The van der Waals surface area contributed by atoms with Crippen molar-refractivity contribution in [3.05, 3.63) is 28.3 Å². The fourth-order valence-corrected chi connectivity index (χ4v) is 1.76. The first-order chi connectivity index (χ1) is 7.65. The zero-order chi connectivity index (χ0) is 12.0. The maximum Gasteiger partial charge on any atom is 0.189 e. The van der Waals surface area contributed by atoms with Gasteiger partial charge in [0.15, 0.2) is 6.79 Å². The first-order valence-corrected chi connectivity index (χ1v) is 5.49. The van der Waals surface area contributed by atoms with E-state index in [0.717, 1.165) is 11.1 Å². The molecule has 0 fully saturated rings. The Labute approximate surface area is 101 Å². The second kappa shape index (κ2) is 6.74. The SMILES string of the molecule is COCCOCOc1c(C)cc(C)cc1Cl. The van der Waals surface area contributed by atoms with Gasteiger partial charge in [-0.1, -0.05) is 17.7 Å². The van der Waals surface area contributed by atoms with Crippen LogP contribution in [0.2, 0.25) is 5.02 Å².